The Morgan fingerprint density at radius 2 is 2.00 bits per heavy atom. The molecular formula is C17H19NOS. The van der Waals surface area contributed by atoms with Gasteiger partial charge in [-0.3, -0.25) is 0 Å². The molecule has 2 nitrogen and oxygen atoms in total. The molecule has 0 unspecified atom stereocenters. The van der Waals surface area contributed by atoms with E-state index in [-0.39, 0.29) is 0 Å². The minimum atomic E-state index is 0.372. The second kappa shape index (κ2) is 7.06. The van der Waals surface area contributed by atoms with E-state index in [1.54, 1.807) is 11.8 Å². The van der Waals surface area contributed by atoms with Crippen molar-refractivity contribution in [3.8, 4) is 5.75 Å². The fourth-order valence-corrected chi connectivity index (χ4v) is 2.71. The summed E-state index contributed by atoms with van der Waals surface area (Å²) in [5.41, 5.74) is 2.90. The molecule has 0 aliphatic rings. The van der Waals surface area contributed by atoms with Gasteiger partial charge in [0, 0.05) is 28.4 Å². The summed E-state index contributed by atoms with van der Waals surface area (Å²) in [6.07, 6.45) is 1.90. The first-order valence-electron chi connectivity index (χ1n) is 6.56. The second-order valence-electron chi connectivity index (χ2n) is 4.53. The fraction of sp³-hybridized carbons (Fsp3) is 0.176. The predicted octanol–water partition coefficient (Wildman–Crippen LogP) is 4.59. The lowest BCUT2D eigenvalue weighted by Gasteiger charge is -2.12. The van der Waals surface area contributed by atoms with E-state index in [1.165, 1.54) is 4.90 Å². The molecule has 0 aliphatic carbocycles. The predicted molar refractivity (Wildman–Crippen MR) is 87.5 cm³/mol. The number of phenols is 1. The highest BCUT2D eigenvalue weighted by atomic mass is 32.2. The van der Waals surface area contributed by atoms with Crippen LogP contribution in [-0.2, 0) is 6.54 Å². The molecule has 0 fully saturated rings. The Kier molecular flexibility index (Phi) is 5.13. The summed E-state index contributed by atoms with van der Waals surface area (Å²) in [7, 11) is 0. The maximum atomic E-state index is 10.0. The lowest BCUT2D eigenvalue weighted by Crippen LogP contribution is -2.01. The molecule has 104 valence electrons. The molecular weight excluding hydrogens is 266 g/mol. The summed E-state index contributed by atoms with van der Waals surface area (Å²) < 4.78 is 0. The zero-order valence-corrected chi connectivity index (χ0v) is 12.4. The molecule has 0 heterocycles. The SMILES string of the molecule is C=CCSc1ccccc1NCc1cccc(C)c1O. The lowest BCUT2D eigenvalue weighted by atomic mass is 10.1. The summed E-state index contributed by atoms with van der Waals surface area (Å²) in [5, 5.41) is 13.4. The Morgan fingerprint density at radius 1 is 1.20 bits per heavy atom. The fourth-order valence-electron chi connectivity index (χ4n) is 1.94. The van der Waals surface area contributed by atoms with Crippen molar-refractivity contribution in [2.24, 2.45) is 0 Å². The average Bonchev–Trinajstić information content (AvgIpc) is 2.47. The van der Waals surface area contributed by atoms with Gasteiger partial charge in [-0.25, -0.2) is 0 Å². The van der Waals surface area contributed by atoms with Gasteiger partial charge in [-0.2, -0.15) is 0 Å². The topological polar surface area (TPSA) is 32.3 Å². The standard InChI is InChI=1S/C17H19NOS/c1-3-11-20-16-10-5-4-9-15(16)18-12-14-8-6-7-13(2)17(14)19/h3-10,18-19H,1,11-12H2,2H3. The van der Waals surface area contributed by atoms with E-state index in [0.29, 0.717) is 12.3 Å². The van der Waals surface area contributed by atoms with Crippen molar-refractivity contribution in [2.75, 3.05) is 11.1 Å². The largest absolute Gasteiger partial charge is 0.507 e. The molecule has 20 heavy (non-hydrogen) atoms. The molecule has 0 bridgehead atoms. The van der Waals surface area contributed by atoms with Crippen LogP contribution in [0.3, 0.4) is 0 Å². The third-order valence-electron chi connectivity index (χ3n) is 3.03. The zero-order chi connectivity index (χ0) is 14.4. The van der Waals surface area contributed by atoms with E-state index in [1.807, 2.05) is 43.3 Å². The number of hydrogen-bond acceptors (Lipinski definition) is 3. The van der Waals surface area contributed by atoms with Crippen LogP contribution in [0.4, 0.5) is 5.69 Å². The molecule has 0 spiro atoms. The number of para-hydroxylation sites is 2. The first-order chi connectivity index (χ1) is 9.72. The van der Waals surface area contributed by atoms with Crippen molar-refractivity contribution in [1.29, 1.82) is 0 Å². The van der Waals surface area contributed by atoms with Gasteiger partial charge in [0.15, 0.2) is 0 Å². The highest BCUT2D eigenvalue weighted by Gasteiger charge is 2.05. The second-order valence-corrected chi connectivity index (χ2v) is 5.59. The van der Waals surface area contributed by atoms with Gasteiger partial charge in [0.2, 0.25) is 0 Å². The molecule has 0 aliphatic heterocycles. The summed E-state index contributed by atoms with van der Waals surface area (Å²) in [6.45, 7) is 6.27. The van der Waals surface area contributed by atoms with E-state index in [0.717, 1.165) is 22.6 Å². The summed E-state index contributed by atoms with van der Waals surface area (Å²) >= 11 is 1.75. The summed E-state index contributed by atoms with van der Waals surface area (Å²) in [4.78, 5) is 1.19. The number of anilines is 1. The zero-order valence-electron chi connectivity index (χ0n) is 11.6. The van der Waals surface area contributed by atoms with Gasteiger partial charge >= 0.3 is 0 Å². The molecule has 3 heteroatoms. The van der Waals surface area contributed by atoms with Gasteiger partial charge in [0.05, 0.1) is 0 Å². The van der Waals surface area contributed by atoms with Crippen molar-refractivity contribution in [1.82, 2.24) is 0 Å². The first-order valence-corrected chi connectivity index (χ1v) is 7.55. The van der Waals surface area contributed by atoms with Crippen LogP contribution in [0.15, 0.2) is 60.0 Å². The van der Waals surface area contributed by atoms with Gasteiger partial charge in [0.1, 0.15) is 5.75 Å². The van der Waals surface area contributed by atoms with E-state index in [9.17, 15) is 5.11 Å². The Labute approximate surface area is 124 Å². The summed E-state index contributed by atoms with van der Waals surface area (Å²) in [6, 6.07) is 14.0. The Morgan fingerprint density at radius 3 is 2.80 bits per heavy atom. The Bertz CT molecular complexity index is 595. The van der Waals surface area contributed by atoms with E-state index < -0.39 is 0 Å². The van der Waals surface area contributed by atoms with Crippen molar-refractivity contribution in [3.05, 3.63) is 66.2 Å². The van der Waals surface area contributed by atoms with E-state index >= 15 is 0 Å². The number of rotatable bonds is 6. The van der Waals surface area contributed by atoms with Crippen LogP contribution in [0.5, 0.6) is 5.75 Å². The molecule has 0 amide bonds. The number of aryl methyl sites for hydroxylation is 1. The Hall–Kier alpha value is -1.87. The average molecular weight is 285 g/mol. The number of hydrogen-bond donors (Lipinski definition) is 2. The molecule has 0 saturated heterocycles. The molecule has 2 N–H and O–H groups in total. The highest BCUT2D eigenvalue weighted by molar-refractivity contribution is 7.99. The van der Waals surface area contributed by atoms with Crippen LogP contribution < -0.4 is 5.32 Å². The first kappa shape index (κ1) is 14.5. The maximum absolute atomic E-state index is 10.0. The van der Waals surface area contributed by atoms with Crippen LogP contribution >= 0.6 is 11.8 Å². The van der Waals surface area contributed by atoms with E-state index in [2.05, 4.69) is 24.0 Å². The normalized spacial score (nSPS) is 10.2. The van der Waals surface area contributed by atoms with Gasteiger partial charge in [-0.15, -0.1) is 18.3 Å². The minimum Gasteiger partial charge on any atom is -0.507 e. The quantitative estimate of drug-likeness (QED) is 0.601. The van der Waals surface area contributed by atoms with Gasteiger partial charge in [-0.1, -0.05) is 36.4 Å². The molecule has 0 saturated carbocycles. The number of thioether (sulfide) groups is 1. The van der Waals surface area contributed by atoms with Crippen LogP contribution in [-0.4, -0.2) is 10.9 Å². The van der Waals surface area contributed by atoms with Crippen LogP contribution in [0.2, 0.25) is 0 Å². The van der Waals surface area contributed by atoms with Gasteiger partial charge in [0.25, 0.3) is 0 Å². The number of aromatic hydroxyl groups is 1. The third kappa shape index (κ3) is 3.58. The van der Waals surface area contributed by atoms with Gasteiger partial charge in [-0.05, 0) is 24.6 Å². The number of nitrogens with one attached hydrogen (secondary N) is 1. The lowest BCUT2D eigenvalue weighted by molar-refractivity contribution is 0.465. The smallest absolute Gasteiger partial charge is 0.123 e. The molecule has 0 aromatic heterocycles. The van der Waals surface area contributed by atoms with E-state index in [4.69, 9.17) is 0 Å². The van der Waals surface area contributed by atoms with Crippen molar-refractivity contribution < 1.29 is 5.11 Å². The Balaban J connectivity index is 2.10. The molecule has 2 rings (SSSR count). The maximum Gasteiger partial charge on any atom is 0.123 e. The number of phenolic OH excluding ortho intramolecular Hbond substituents is 1. The van der Waals surface area contributed by atoms with Gasteiger partial charge < -0.3 is 10.4 Å². The monoisotopic (exact) mass is 285 g/mol. The minimum absolute atomic E-state index is 0.372. The van der Waals surface area contributed by atoms with Crippen LogP contribution in [0.25, 0.3) is 0 Å². The molecule has 2 aromatic carbocycles. The van der Waals surface area contributed by atoms with Crippen molar-refractivity contribution in [3.63, 3.8) is 0 Å². The van der Waals surface area contributed by atoms with Crippen molar-refractivity contribution in [2.45, 2.75) is 18.4 Å². The molecule has 0 atom stereocenters. The molecule has 2 aromatic rings. The van der Waals surface area contributed by atoms with Crippen molar-refractivity contribution >= 4 is 17.4 Å². The number of benzene rings is 2. The van der Waals surface area contributed by atoms with Crippen LogP contribution in [0, 0.1) is 6.92 Å². The third-order valence-corrected chi connectivity index (χ3v) is 4.10. The highest BCUT2D eigenvalue weighted by Crippen LogP contribution is 2.28. The van der Waals surface area contributed by atoms with Crippen LogP contribution in [0.1, 0.15) is 11.1 Å². The summed E-state index contributed by atoms with van der Waals surface area (Å²) in [5.74, 6) is 1.25. The molecule has 0 radical (unpaired) electrons.